The first kappa shape index (κ1) is 12.2. The van der Waals surface area contributed by atoms with Crippen LogP contribution >= 0.6 is 0 Å². The molecule has 0 aliphatic heterocycles. The number of nitrogens with zero attached hydrogens (tertiary/aromatic N) is 3. The van der Waals surface area contributed by atoms with E-state index in [0.29, 0.717) is 23.4 Å². The zero-order valence-electron chi connectivity index (χ0n) is 10.0. The van der Waals surface area contributed by atoms with Crippen molar-refractivity contribution in [2.75, 3.05) is 0 Å². The minimum absolute atomic E-state index is 0.0986. The molecule has 0 radical (unpaired) electrons. The van der Waals surface area contributed by atoms with Crippen LogP contribution in [0.25, 0.3) is 5.69 Å². The Kier molecular flexibility index (Phi) is 3.10. The largest absolute Gasteiger partial charge is 0.476 e. The first-order chi connectivity index (χ1) is 8.54. The Bertz CT molecular complexity index is 607. The van der Waals surface area contributed by atoms with Crippen molar-refractivity contribution in [2.45, 2.75) is 20.3 Å². The Hall–Kier alpha value is -2.24. The highest BCUT2D eigenvalue weighted by atomic mass is 19.1. The van der Waals surface area contributed by atoms with E-state index in [1.165, 1.54) is 10.7 Å². The molecule has 5 nitrogen and oxygen atoms in total. The summed E-state index contributed by atoms with van der Waals surface area (Å²) in [4.78, 5) is 11.0. The predicted molar refractivity (Wildman–Crippen MR) is 62.4 cm³/mol. The average Bonchev–Trinajstić information content (AvgIpc) is 2.76. The van der Waals surface area contributed by atoms with Crippen LogP contribution in [0.15, 0.2) is 18.2 Å². The zero-order valence-corrected chi connectivity index (χ0v) is 10.0. The molecule has 0 fully saturated rings. The van der Waals surface area contributed by atoms with Gasteiger partial charge in [0.1, 0.15) is 5.82 Å². The number of aromatic carboxylic acids is 1. The number of carbonyl (C=O) groups is 1. The molecular weight excluding hydrogens is 237 g/mol. The van der Waals surface area contributed by atoms with Gasteiger partial charge in [0, 0.05) is 0 Å². The van der Waals surface area contributed by atoms with Crippen molar-refractivity contribution in [3.8, 4) is 5.69 Å². The standard InChI is InChI=1S/C12H12FN3O2/c1-3-10-11(12(17)18)14-15-16(10)8-5-4-7(2)9(13)6-8/h4-6H,3H2,1-2H3,(H,17,18). The maximum Gasteiger partial charge on any atom is 0.358 e. The fourth-order valence-corrected chi connectivity index (χ4v) is 1.71. The highest BCUT2D eigenvalue weighted by Crippen LogP contribution is 2.16. The average molecular weight is 249 g/mol. The van der Waals surface area contributed by atoms with Gasteiger partial charge in [-0.3, -0.25) is 0 Å². The number of aromatic nitrogens is 3. The normalized spacial score (nSPS) is 10.6. The van der Waals surface area contributed by atoms with Gasteiger partial charge in [0.15, 0.2) is 5.69 Å². The highest BCUT2D eigenvalue weighted by Gasteiger charge is 2.18. The van der Waals surface area contributed by atoms with E-state index in [-0.39, 0.29) is 11.5 Å². The molecule has 2 aromatic rings. The molecule has 0 atom stereocenters. The number of halogens is 1. The molecule has 0 spiro atoms. The summed E-state index contributed by atoms with van der Waals surface area (Å²) in [5.74, 6) is -1.49. The topological polar surface area (TPSA) is 68.0 Å². The van der Waals surface area contributed by atoms with Crippen molar-refractivity contribution in [2.24, 2.45) is 0 Å². The lowest BCUT2D eigenvalue weighted by Crippen LogP contribution is -2.06. The fourth-order valence-electron chi connectivity index (χ4n) is 1.71. The molecule has 1 heterocycles. The van der Waals surface area contributed by atoms with Gasteiger partial charge >= 0.3 is 5.97 Å². The molecule has 1 aromatic carbocycles. The van der Waals surface area contributed by atoms with Crippen LogP contribution in [-0.4, -0.2) is 26.1 Å². The molecule has 94 valence electrons. The van der Waals surface area contributed by atoms with Crippen LogP contribution in [0.1, 0.15) is 28.7 Å². The molecule has 6 heteroatoms. The van der Waals surface area contributed by atoms with Crippen LogP contribution in [0.4, 0.5) is 4.39 Å². The Morgan fingerprint density at radius 1 is 1.50 bits per heavy atom. The second-order valence-corrected chi connectivity index (χ2v) is 3.89. The molecule has 0 bridgehead atoms. The van der Waals surface area contributed by atoms with E-state index in [2.05, 4.69) is 10.3 Å². The lowest BCUT2D eigenvalue weighted by Gasteiger charge is -2.06. The van der Waals surface area contributed by atoms with E-state index in [1.54, 1.807) is 26.0 Å². The first-order valence-electron chi connectivity index (χ1n) is 5.49. The number of benzene rings is 1. The minimum atomic E-state index is -1.13. The van der Waals surface area contributed by atoms with E-state index in [0.717, 1.165) is 0 Å². The van der Waals surface area contributed by atoms with E-state index in [1.807, 2.05) is 0 Å². The summed E-state index contributed by atoms with van der Waals surface area (Å²) in [7, 11) is 0. The van der Waals surface area contributed by atoms with Crippen LogP contribution in [0.5, 0.6) is 0 Å². The summed E-state index contributed by atoms with van der Waals surface area (Å²) in [6.07, 6.45) is 0.449. The molecular formula is C12H12FN3O2. The molecule has 0 aliphatic rings. The highest BCUT2D eigenvalue weighted by molar-refractivity contribution is 5.86. The monoisotopic (exact) mass is 249 g/mol. The molecule has 1 N–H and O–H groups in total. The van der Waals surface area contributed by atoms with Gasteiger partial charge in [-0.2, -0.15) is 0 Å². The first-order valence-corrected chi connectivity index (χ1v) is 5.49. The molecule has 18 heavy (non-hydrogen) atoms. The van der Waals surface area contributed by atoms with Gasteiger partial charge in [0.25, 0.3) is 0 Å². The number of rotatable bonds is 3. The van der Waals surface area contributed by atoms with Crippen molar-refractivity contribution in [1.82, 2.24) is 15.0 Å². The number of aryl methyl sites for hydroxylation is 1. The quantitative estimate of drug-likeness (QED) is 0.903. The molecule has 0 saturated carbocycles. The summed E-state index contributed by atoms with van der Waals surface area (Å²) in [5, 5.41) is 16.3. The van der Waals surface area contributed by atoms with Crippen LogP contribution in [0, 0.1) is 12.7 Å². The Morgan fingerprint density at radius 2 is 2.22 bits per heavy atom. The Labute approximate surface area is 103 Å². The Morgan fingerprint density at radius 3 is 2.78 bits per heavy atom. The maximum absolute atomic E-state index is 13.5. The van der Waals surface area contributed by atoms with Crippen molar-refractivity contribution >= 4 is 5.97 Å². The second kappa shape index (κ2) is 4.56. The minimum Gasteiger partial charge on any atom is -0.476 e. The summed E-state index contributed by atoms with van der Waals surface area (Å²) in [5.41, 5.74) is 1.34. The number of hydrogen-bond acceptors (Lipinski definition) is 3. The summed E-state index contributed by atoms with van der Waals surface area (Å²) in [6, 6.07) is 4.61. The van der Waals surface area contributed by atoms with Crippen molar-refractivity contribution in [3.05, 3.63) is 41.0 Å². The van der Waals surface area contributed by atoms with Crippen LogP contribution in [0.2, 0.25) is 0 Å². The lowest BCUT2D eigenvalue weighted by molar-refractivity contribution is 0.0689. The zero-order chi connectivity index (χ0) is 13.3. The lowest BCUT2D eigenvalue weighted by atomic mass is 10.2. The molecule has 0 unspecified atom stereocenters. The van der Waals surface area contributed by atoms with Gasteiger partial charge in [-0.25, -0.2) is 13.9 Å². The summed E-state index contributed by atoms with van der Waals surface area (Å²) < 4.78 is 14.8. The smallest absolute Gasteiger partial charge is 0.358 e. The molecule has 0 aliphatic carbocycles. The molecule has 2 rings (SSSR count). The van der Waals surface area contributed by atoms with E-state index >= 15 is 0 Å². The molecule has 1 aromatic heterocycles. The van der Waals surface area contributed by atoms with Crippen LogP contribution < -0.4 is 0 Å². The third-order valence-electron chi connectivity index (χ3n) is 2.70. The number of carboxylic acid groups (broad SMARTS) is 1. The SMILES string of the molecule is CCc1c(C(=O)O)nnn1-c1ccc(C)c(F)c1. The third kappa shape index (κ3) is 1.97. The number of carboxylic acids is 1. The maximum atomic E-state index is 13.5. The summed E-state index contributed by atoms with van der Waals surface area (Å²) >= 11 is 0. The van der Waals surface area contributed by atoms with Gasteiger partial charge in [-0.1, -0.05) is 18.2 Å². The second-order valence-electron chi connectivity index (χ2n) is 3.89. The van der Waals surface area contributed by atoms with Crippen molar-refractivity contribution in [3.63, 3.8) is 0 Å². The van der Waals surface area contributed by atoms with Gasteiger partial charge < -0.3 is 5.11 Å². The fraction of sp³-hybridized carbons (Fsp3) is 0.250. The van der Waals surface area contributed by atoms with Gasteiger partial charge in [0.2, 0.25) is 0 Å². The van der Waals surface area contributed by atoms with Crippen molar-refractivity contribution < 1.29 is 14.3 Å². The molecule has 0 amide bonds. The Balaban J connectivity index is 2.57. The third-order valence-corrected chi connectivity index (χ3v) is 2.70. The molecule has 0 saturated heterocycles. The van der Waals surface area contributed by atoms with Crippen molar-refractivity contribution in [1.29, 1.82) is 0 Å². The van der Waals surface area contributed by atoms with E-state index in [9.17, 15) is 9.18 Å². The van der Waals surface area contributed by atoms with E-state index in [4.69, 9.17) is 5.11 Å². The van der Waals surface area contributed by atoms with Gasteiger partial charge in [0.05, 0.1) is 11.4 Å². The van der Waals surface area contributed by atoms with E-state index < -0.39 is 5.97 Å². The van der Waals surface area contributed by atoms with Crippen LogP contribution in [0.3, 0.4) is 0 Å². The predicted octanol–water partition coefficient (Wildman–Crippen LogP) is 1.98. The number of hydrogen-bond donors (Lipinski definition) is 1. The van der Waals surface area contributed by atoms with Crippen LogP contribution in [-0.2, 0) is 6.42 Å². The van der Waals surface area contributed by atoms with Gasteiger partial charge in [-0.15, -0.1) is 5.10 Å². The summed E-state index contributed by atoms with van der Waals surface area (Å²) in [6.45, 7) is 3.45. The van der Waals surface area contributed by atoms with Gasteiger partial charge in [-0.05, 0) is 31.0 Å².